The standard InChI is InChI=1S/C25H28N2O2S2/c1-5-16(3)19-14-10-11-15-20(19)26-25(30)27-23-22(24(28)29-6-2)21(17(4)31-23)18-12-8-7-9-13-18/h7-16H,5-6H2,1-4H3,(H2,26,27,30). The molecule has 1 unspecified atom stereocenters. The van der Waals surface area contributed by atoms with E-state index in [0.717, 1.165) is 28.1 Å². The molecule has 0 aliphatic rings. The lowest BCUT2D eigenvalue weighted by molar-refractivity contribution is 0.0529. The number of anilines is 2. The van der Waals surface area contributed by atoms with Crippen molar-refractivity contribution in [3.63, 3.8) is 0 Å². The Hall–Kier alpha value is -2.70. The molecule has 0 radical (unpaired) electrons. The first-order chi connectivity index (χ1) is 15.0. The van der Waals surface area contributed by atoms with Crippen LogP contribution in [0.5, 0.6) is 0 Å². The molecule has 6 heteroatoms. The van der Waals surface area contributed by atoms with Crippen molar-refractivity contribution in [1.82, 2.24) is 0 Å². The number of rotatable bonds is 7. The molecule has 0 amide bonds. The molecule has 0 saturated heterocycles. The van der Waals surface area contributed by atoms with Crippen LogP contribution in [-0.4, -0.2) is 17.7 Å². The van der Waals surface area contributed by atoms with Gasteiger partial charge in [-0.3, -0.25) is 0 Å². The van der Waals surface area contributed by atoms with Gasteiger partial charge in [0.1, 0.15) is 10.6 Å². The van der Waals surface area contributed by atoms with E-state index in [1.807, 2.05) is 62.4 Å². The van der Waals surface area contributed by atoms with Gasteiger partial charge in [0.05, 0.1) is 6.61 Å². The first kappa shape index (κ1) is 23.0. The van der Waals surface area contributed by atoms with E-state index in [9.17, 15) is 4.79 Å². The van der Waals surface area contributed by atoms with E-state index in [0.29, 0.717) is 28.2 Å². The molecule has 31 heavy (non-hydrogen) atoms. The van der Waals surface area contributed by atoms with Crippen LogP contribution in [0.1, 0.15) is 53.9 Å². The molecular weight excluding hydrogens is 424 g/mol. The fraction of sp³-hybridized carbons (Fsp3) is 0.280. The molecule has 0 aliphatic carbocycles. The molecule has 2 N–H and O–H groups in total. The van der Waals surface area contributed by atoms with Crippen LogP contribution in [0.15, 0.2) is 54.6 Å². The third kappa shape index (κ3) is 5.32. The van der Waals surface area contributed by atoms with Crippen LogP contribution in [0.25, 0.3) is 11.1 Å². The van der Waals surface area contributed by atoms with Crippen molar-refractivity contribution in [2.45, 2.75) is 40.0 Å². The lowest BCUT2D eigenvalue weighted by atomic mass is 9.97. The Labute approximate surface area is 193 Å². The molecule has 3 aromatic rings. The van der Waals surface area contributed by atoms with Crippen LogP contribution < -0.4 is 10.6 Å². The molecule has 1 aromatic heterocycles. The van der Waals surface area contributed by atoms with Crippen molar-refractivity contribution in [3.05, 3.63) is 70.6 Å². The summed E-state index contributed by atoms with van der Waals surface area (Å²) in [6.45, 7) is 8.50. The van der Waals surface area contributed by atoms with Crippen molar-refractivity contribution in [2.75, 3.05) is 17.2 Å². The van der Waals surface area contributed by atoms with Crippen molar-refractivity contribution in [2.24, 2.45) is 0 Å². The van der Waals surface area contributed by atoms with Crippen molar-refractivity contribution in [1.29, 1.82) is 0 Å². The minimum atomic E-state index is -0.351. The predicted octanol–water partition coefficient (Wildman–Crippen LogP) is 7.22. The van der Waals surface area contributed by atoms with Crippen LogP contribution in [0.3, 0.4) is 0 Å². The highest BCUT2D eigenvalue weighted by Gasteiger charge is 2.25. The molecule has 0 spiro atoms. The van der Waals surface area contributed by atoms with Gasteiger partial charge >= 0.3 is 5.97 Å². The van der Waals surface area contributed by atoms with Crippen molar-refractivity contribution >= 4 is 45.3 Å². The number of benzene rings is 2. The smallest absolute Gasteiger partial charge is 0.341 e. The topological polar surface area (TPSA) is 50.4 Å². The maximum atomic E-state index is 12.9. The maximum Gasteiger partial charge on any atom is 0.341 e. The normalized spacial score (nSPS) is 11.6. The Bertz CT molecular complexity index is 1060. The van der Waals surface area contributed by atoms with Gasteiger partial charge in [-0.25, -0.2) is 4.79 Å². The fourth-order valence-corrected chi connectivity index (χ4v) is 4.85. The number of ether oxygens (including phenoxy) is 1. The van der Waals surface area contributed by atoms with Gasteiger partial charge in [-0.15, -0.1) is 11.3 Å². The number of esters is 1. The third-order valence-corrected chi connectivity index (χ3v) is 6.43. The summed E-state index contributed by atoms with van der Waals surface area (Å²) in [6, 6.07) is 18.1. The summed E-state index contributed by atoms with van der Waals surface area (Å²) in [5.74, 6) is 0.0614. The van der Waals surface area contributed by atoms with Gasteiger partial charge in [0.15, 0.2) is 5.11 Å². The Morgan fingerprint density at radius 1 is 1.06 bits per heavy atom. The molecule has 2 aromatic carbocycles. The van der Waals surface area contributed by atoms with Crippen LogP contribution in [0, 0.1) is 6.92 Å². The summed E-state index contributed by atoms with van der Waals surface area (Å²) < 4.78 is 5.37. The fourth-order valence-electron chi connectivity index (χ4n) is 3.50. The van der Waals surface area contributed by atoms with Gasteiger partial charge in [0.25, 0.3) is 0 Å². The number of thiophene rings is 1. The summed E-state index contributed by atoms with van der Waals surface area (Å²) in [6.07, 6.45) is 1.04. The molecule has 1 atom stereocenters. The Morgan fingerprint density at radius 2 is 1.74 bits per heavy atom. The van der Waals surface area contributed by atoms with Crippen molar-refractivity contribution in [3.8, 4) is 11.1 Å². The summed E-state index contributed by atoms with van der Waals surface area (Å²) in [7, 11) is 0. The second-order valence-electron chi connectivity index (χ2n) is 7.30. The molecule has 1 heterocycles. The molecule has 3 rings (SSSR count). The van der Waals surface area contributed by atoms with Gasteiger partial charge in [-0.05, 0) is 55.6 Å². The lowest BCUT2D eigenvalue weighted by Gasteiger charge is -2.17. The van der Waals surface area contributed by atoms with Gasteiger partial charge < -0.3 is 15.4 Å². The number of carbonyl (C=O) groups is 1. The van der Waals surface area contributed by atoms with Gasteiger partial charge in [-0.1, -0.05) is 62.4 Å². The molecule has 4 nitrogen and oxygen atoms in total. The Kier molecular flexibility index (Phi) is 7.82. The molecule has 0 aliphatic heterocycles. The van der Waals surface area contributed by atoms with Crippen molar-refractivity contribution < 1.29 is 9.53 Å². The number of carbonyl (C=O) groups excluding carboxylic acids is 1. The maximum absolute atomic E-state index is 12.9. The second-order valence-corrected chi connectivity index (χ2v) is 8.93. The number of hydrogen-bond acceptors (Lipinski definition) is 4. The second kappa shape index (κ2) is 10.6. The lowest BCUT2D eigenvalue weighted by Crippen LogP contribution is -2.21. The third-order valence-electron chi connectivity index (χ3n) is 5.21. The average Bonchev–Trinajstić information content (AvgIpc) is 3.09. The van der Waals surface area contributed by atoms with E-state index >= 15 is 0 Å². The highest BCUT2D eigenvalue weighted by molar-refractivity contribution is 7.80. The van der Waals surface area contributed by atoms with Crippen LogP contribution in [0.4, 0.5) is 10.7 Å². The molecule has 0 fully saturated rings. The summed E-state index contributed by atoms with van der Waals surface area (Å²) in [5.41, 5.74) is 4.58. The summed E-state index contributed by atoms with van der Waals surface area (Å²) in [5, 5.41) is 7.70. The number of nitrogens with one attached hydrogen (secondary N) is 2. The molecule has 162 valence electrons. The number of para-hydroxylation sites is 1. The quantitative estimate of drug-likeness (QED) is 0.293. The van der Waals surface area contributed by atoms with Crippen LogP contribution in [0.2, 0.25) is 0 Å². The van der Waals surface area contributed by atoms with Gasteiger partial charge in [0, 0.05) is 16.1 Å². The number of hydrogen-bond donors (Lipinski definition) is 2. The minimum absolute atomic E-state index is 0.312. The Morgan fingerprint density at radius 3 is 2.42 bits per heavy atom. The van der Waals surface area contributed by atoms with E-state index < -0.39 is 0 Å². The average molecular weight is 453 g/mol. The van der Waals surface area contributed by atoms with E-state index in [4.69, 9.17) is 17.0 Å². The van der Waals surface area contributed by atoms with Gasteiger partial charge in [-0.2, -0.15) is 0 Å². The number of aryl methyl sites for hydroxylation is 1. The summed E-state index contributed by atoms with van der Waals surface area (Å²) >= 11 is 7.12. The summed E-state index contributed by atoms with van der Waals surface area (Å²) in [4.78, 5) is 13.9. The number of thiocarbonyl (C=S) groups is 1. The van der Waals surface area contributed by atoms with E-state index in [2.05, 4.69) is 30.5 Å². The van der Waals surface area contributed by atoms with Gasteiger partial charge in [0.2, 0.25) is 0 Å². The zero-order valence-corrected chi connectivity index (χ0v) is 20.0. The SMILES string of the molecule is CCOC(=O)c1c(NC(=S)Nc2ccccc2C(C)CC)sc(C)c1-c1ccccc1. The highest BCUT2D eigenvalue weighted by Crippen LogP contribution is 2.40. The first-order valence-corrected chi connectivity index (χ1v) is 11.7. The first-order valence-electron chi connectivity index (χ1n) is 10.5. The van der Waals surface area contributed by atoms with Crippen LogP contribution in [-0.2, 0) is 4.74 Å². The van der Waals surface area contributed by atoms with Crippen LogP contribution >= 0.6 is 23.6 Å². The predicted molar refractivity (Wildman–Crippen MR) is 135 cm³/mol. The zero-order valence-electron chi connectivity index (χ0n) is 18.3. The van der Waals surface area contributed by atoms with E-state index in [1.165, 1.54) is 16.9 Å². The largest absolute Gasteiger partial charge is 0.462 e. The van der Waals surface area contributed by atoms with E-state index in [1.54, 1.807) is 0 Å². The zero-order chi connectivity index (χ0) is 22.4. The Balaban J connectivity index is 1.93. The molecular formula is C25H28N2O2S2. The monoisotopic (exact) mass is 452 g/mol. The highest BCUT2D eigenvalue weighted by atomic mass is 32.1. The minimum Gasteiger partial charge on any atom is -0.462 e. The van der Waals surface area contributed by atoms with E-state index in [-0.39, 0.29) is 5.97 Å². The molecule has 0 bridgehead atoms. The molecule has 0 saturated carbocycles.